The van der Waals surface area contributed by atoms with Crippen molar-refractivity contribution in [2.75, 3.05) is 31.1 Å². The van der Waals surface area contributed by atoms with Gasteiger partial charge in [0.1, 0.15) is 5.82 Å². The lowest BCUT2D eigenvalue weighted by Crippen LogP contribution is -2.33. The Hall–Kier alpha value is -1.62. The lowest BCUT2D eigenvalue weighted by molar-refractivity contribution is -0.119. The molecular formula is C15H24N4O. The highest BCUT2D eigenvalue weighted by Crippen LogP contribution is 2.12. The van der Waals surface area contributed by atoms with Gasteiger partial charge in [-0.1, -0.05) is 19.9 Å². The number of carbonyl (C=O) groups is 1. The third kappa shape index (κ3) is 4.49. The Balaban J connectivity index is 1.91. The summed E-state index contributed by atoms with van der Waals surface area (Å²) in [5.41, 5.74) is 1.17. The SMILES string of the molecule is CC(C)CNCc1ccc(N2CCCNC(=O)C2)nc1. The number of aromatic nitrogens is 1. The van der Waals surface area contributed by atoms with Crippen LogP contribution in [-0.4, -0.2) is 37.1 Å². The molecule has 1 amide bonds. The Kier molecular flexibility index (Phi) is 5.35. The zero-order valence-electron chi connectivity index (χ0n) is 12.4. The van der Waals surface area contributed by atoms with Gasteiger partial charge in [0, 0.05) is 25.8 Å². The molecule has 1 saturated heterocycles. The van der Waals surface area contributed by atoms with Crippen LogP contribution in [0.5, 0.6) is 0 Å². The van der Waals surface area contributed by atoms with Gasteiger partial charge in [0.2, 0.25) is 5.91 Å². The van der Waals surface area contributed by atoms with E-state index in [1.807, 2.05) is 17.2 Å². The topological polar surface area (TPSA) is 57.3 Å². The number of amides is 1. The van der Waals surface area contributed by atoms with Crippen molar-refractivity contribution < 1.29 is 4.79 Å². The summed E-state index contributed by atoms with van der Waals surface area (Å²) in [6.07, 6.45) is 2.86. The predicted molar refractivity (Wildman–Crippen MR) is 80.6 cm³/mol. The molecule has 5 heteroatoms. The lowest BCUT2D eigenvalue weighted by Gasteiger charge is -2.20. The second kappa shape index (κ2) is 7.24. The average molecular weight is 276 g/mol. The van der Waals surface area contributed by atoms with Gasteiger partial charge in [-0.05, 0) is 30.5 Å². The third-order valence-electron chi connectivity index (χ3n) is 3.28. The number of anilines is 1. The summed E-state index contributed by atoms with van der Waals surface area (Å²) in [7, 11) is 0. The maximum Gasteiger partial charge on any atom is 0.239 e. The number of hydrogen-bond acceptors (Lipinski definition) is 4. The molecule has 5 nitrogen and oxygen atoms in total. The summed E-state index contributed by atoms with van der Waals surface area (Å²) in [6.45, 7) is 8.26. The third-order valence-corrected chi connectivity index (χ3v) is 3.28. The van der Waals surface area contributed by atoms with Gasteiger partial charge in [-0.25, -0.2) is 4.98 Å². The lowest BCUT2D eigenvalue weighted by atomic mass is 10.2. The van der Waals surface area contributed by atoms with E-state index in [1.54, 1.807) is 0 Å². The molecule has 1 aliphatic heterocycles. The van der Waals surface area contributed by atoms with E-state index in [4.69, 9.17) is 0 Å². The van der Waals surface area contributed by atoms with Crippen molar-refractivity contribution in [3.05, 3.63) is 23.9 Å². The van der Waals surface area contributed by atoms with Gasteiger partial charge in [0.15, 0.2) is 0 Å². The molecule has 1 aromatic rings. The molecule has 0 spiro atoms. The van der Waals surface area contributed by atoms with Crippen molar-refractivity contribution in [3.63, 3.8) is 0 Å². The molecule has 0 bridgehead atoms. The van der Waals surface area contributed by atoms with Crippen molar-refractivity contribution in [2.24, 2.45) is 5.92 Å². The molecule has 2 rings (SSSR count). The van der Waals surface area contributed by atoms with Gasteiger partial charge in [-0.15, -0.1) is 0 Å². The van der Waals surface area contributed by atoms with Crippen molar-refractivity contribution in [3.8, 4) is 0 Å². The average Bonchev–Trinajstić information content (AvgIpc) is 2.64. The Morgan fingerprint density at radius 3 is 3.00 bits per heavy atom. The summed E-state index contributed by atoms with van der Waals surface area (Å²) >= 11 is 0. The monoisotopic (exact) mass is 276 g/mol. The van der Waals surface area contributed by atoms with Crippen molar-refractivity contribution in [1.29, 1.82) is 0 Å². The summed E-state index contributed by atoms with van der Waals surface area (Å²) in [6, 6.07) is 4.09. The van der Waals surface area contributed by atoms with Gasteiger partial charge in [0.05, 0.1) is 6.54 Å². The first kappa shape index (κ1) is 14.8. The molecule has 0 atom stereocenters. The minimum absolute atomic E-state index is 0.0759. The first-order chi connectivity index (χ1) is 9.65. The summed E-state index contributed by atoms with van der Waals surface area (Å²) in [5.74, 6) is 1.61. The second-order valence-corrected chi connectivity index (χ2v) is 5.67. The van der Waals surface area contributed by atoms with Gasteiger partial charge in [-0.3, -0.25) is 4.79 Å². The maximum absolute atomic E-state index is 11.5. The van der Waals surface area contributed by atoms with Crippen LogP contribution in [0.3, 0.4) is 0 Å². The zero-order valence-corrected chi connectivity index (χ0v) is 12.4. The Morgan fingerprint density at radius 2 is 2.30 bits per heavy atom. The Bertz CT molecular complexity index is 430. The van der Waals surface area contributed by atoms with E-state index in [-0.39, 0.29) is 5.91 Å². The molecule has 1 aliphatic rings. The van der Waals surface area contributed by atoms with Crippen LogP contribution in [0.25, 0.3) is 0 Å². The van der Waals surface area contributed by atoms with Gasteiger partial charge in [-0.2, -0.15) is 0 Å². The first-order valence-electron chi connectivity index (χ1n) is 7.32. The van der Waals surface area contributed by atoms with Crippen LogP contribution in [0, 0.1) is 5.92 Å². The van der Waals surface area contributed by atoms with Crippen LogP contribution >= 0.6 is 0 Å². The second-order valence-electron chi connectivity index (χ2n) is 5.67. The molecule has 2 heterocycles. The molecule has 110 valence electrons. The normalized spacial score (nSPS) is 16.1. The molecule has 20 heavy (non-hydrogen) atoms. The molecule has 1 fully saturated rings. The number of nitrogens with one attached hydrogen (secondary N) is 2. The summed E-state index contributed by atoms with van der Waals surface area (Å²) < 4.78 is 0. The van der Waals surface area contributed by atoms with Crippen LogP contribution in [0.1, 0.15) is 25.8 Å². The summed E-state index contributed by atoms with van der Waals surface area (Å²) in [4.78, 5) is 18.1. The van der Waals surface area contributed by atoms with E-state index in [9.17, 15) is 4.79 Å². The molecular weight excluding hydrogens is 252 g/mol. The molecule has 0 radical (unpaired) electrons. The van der Waals surface area contributed by atoms with E-state index in [0.29, 0.717) is 12.5 Å². The molecule has 0 aliphatic carbocycles. The van der Waals surface area contributed by atoms with Crippen molar-refractivity contribution in [1.82, 2.24) is 15.6 Å². The van der Waals surface area contributed by atoms with Gasteiger partial charge in [0.25, 0.3) is 0 Å². The van der Waals surface area contributed by atoms with E-state index in [0.717, 1.165) is 38.4 Å². The molecule has 1 aromatic heterocycles. The molecule has 0 saturated carbocycles. The highest BCUT2D eigenvalue weighted by Gasteiger charge is 2.15. The molecule has 0 aromatic carbocycles. The first-order valence-corrected chi connectivity index (χ1v) is 7.32. The van der Waals surface area contributed by atoms with Crippen LogP contribution in [0.2, 0.25) is 0 Å². The quantitative estimate of drug-likeness (QED) is 0.847. The van der Waals surface area contributed by atoms with Crippen molar-refractivity contribution in [2.45, 2.75) is 26.8 Å². The van der Waals surface area contributed by atoms with Crippen LogP contribution in [0.4, 0.5) is 5.82 Å². The van der Waals surface area contributed by atoms with Gasteiger partial charge < -0.3 is 15.5 Å². The highest BCUT2D eigenvalue weighted by molar-refractivity contribution is 5.81. The number of rotatable bonds is 5. The Morgan fingerprint density at radius 1 is 1.45 bits per heavy atom. The predicted octanol–water partition coefficient (Wildman–Crippen LogP) is 1.15. The highest BCUT2D eigenvalue weighted by atomic mass is 16.2. The minimum atomic E-state index is 0.0759. The number of hydrogen-bond donors (Lipinski definition) is 2. The van der Waals surface area contributed by atoms with Crippen LogP contribution < -0.4 is 15.5 Å². The van der Waals surface area contributed by atoms with E-state index in [2.05, 4.69) is 35.5 Å². The van der Waals surface area contributed by atoms with E-state index < -0.39 is 0 Å². The maximum atomic E-state index is 11.5. The van der Waals surface area contributed by atoms with Crippen LogP contribution in [0.15, 0.2) is 18.3 Å². The fourth-order valence-corrected chi connectivity index (χ4v) is 2.22. The van der Waals surface area contributed by atoms with E-state index >= 15 is 0 Å². The smallest absolute Gasteiger partial charge is 0.239 e. The minimum Gasteiger partial charge on any atom is -0.354 e. The largest absolute Gasteiger partial charge is 0.354 e. The zero-order chi connectivity index (χ0) is 14.4. The number of nitrogens with zero attached hydrogens (tertiary/aromatic N) is 2. The fourth-order valence-electron chi connectivity index (χ4n) is 2.22. The van der Waals surface area contributed by atoms with Crippen LogP contribution in [-0.2, 0) is 11.3 Å². The van der Waals surface area contributed by atoms with E-state index in [1.165, 1.54) is 5.56 Å². The molecule has 0 unspecified atom stereocenters. The van der Waals surface area contributed by atoms with Crippen molar-refractivity contribution >= 4 is 11.7 Å². The standard InChI is InChI=1S/C15H24N4O/c1-12(2)8-16-9-13-4-5-14(18-10-13)19-7-3-6-17-15(20)11-19/h4-5,10,12,16H,3,6-9,11H2,1-2H3,(H,17,20). The fraction of sp³-hybridized carbons (Fsp3) is 0.600. The summed E-state index contributed by atoms with van der Waals surface area (Å²) in [5, 5.41) is 6.28. The van der Waals surface area contributed by atoms with Gasteiger partial charge >= 0.3 is 0 Å². The molecule has 2 N–H and O–H groups in total. The Labute approximate surface area is 120 Å². The number of pyridine rings is 1. The number of carbonyl (C=O) groups excluding carboxylic acids is 1.